The number of hydrogen-bond donors (Lipinski definition) is 0. The molecule has 0 aliphatic carbocycles. The Bertz CT molecular complexity index is 632. The van der Waals surface area contributed by atoms with Crippen molar-refractivity contribution < 1.29 is 13.0 Å². The van der Waals surface area contributed by atoms with Gasteiger partial charge in [-0.3, -0.25) is 0 Å². The normalized spacial score (nSPS) is 15.3. The highest BCUT2D eigenvalue weighted by atomic mass is 32.2. The molecule has 0 amide bonds. The summed E-state index contributed by atoms with van der Waals surface area (Å²) in [5, 5.41) is 0. The van der Waals surface area contributed by atoms with Crippen molar-refractivity contribution in [3.8, 4) is 0 Å². The Hall–Kier alpha value is -0.890. The second-order valence-electron chi connectivity index (χ2n) is 5.85. The molecular formula is C14H22N2O3S2. The standard InChI is InChI=1S/C14H22N2O3S2/c1-11(15-20(17)14(2,3)4)12-8-7-9-13(10-12)21(18,19)16(5)6/h7-10H,1-6H3. The van der Waals surface area contributed by atoms with Crippen LogP contribution in [-0.4, -0.2) is 41.8 Å². The molecule has 118 valence electrons. The van der Waals surface area contributed by atoms with Gasteiger partial charge in [-0.05, 0) is 39.8 Å². The summed E-state index contributed by atoms with van der Waals surface area (Å²) in [7, 11) is -0.520. The van der Waals surface area contributed by atoms with Gasteiger partial charge in [-0.15, -0.1) is 0 Å². The summed E-state index contributed by atoms with van der Waals surface area (Å²) >= 11 is -1.38. The SMILES string of the molecule is CC(=N[S+]([O-])C(C)(C)C)c1cccc(S(=O)(=O)N(C)C)c1. The van der Waals surface area contributed by atoms with Crippen LogP contribution < -0.4 is 0 Å². The lowest BCUT2D eigenvalue weighted by Gasteiger charge is -2.19. The molecule has 1 rings (SSSR count). The predicted octanol–water partition coefficient (Wildman–Crippen LogP) is 2.21. The smallest absolute Gasteiger partial charge is 0.242 e. The van der Waals surface area contributed by atoms with Crippen molar-refractivity contribution in [1.82, 2.24) is 4.31 Å². The fourth-order valence-corrected chi connectivity index (χ4v) is 2.98. The second kappa shape index (κ2) is 6.48. The maximum Gasteiger partial charge on any atom is 0.242 e. The maximum atomic E-state index is 12.1. The maximum absolute atomic E-state index is 12.1. The summed E-state index contributed by atoms with van der Waals surface area (Å²) in [6.45, 7) is 7.25. The van der Waals surface area contributed by atoms with Crippen LogP contribution in [0.1, 0.15) is 33.3 Å². The van der Waals surface area contributed by atoms with E-state index in [0.717, 1.165) is 4.31 Å². The zero-order valence-corrected chi connectivity index (χ0v) is 14.9. The molecule has 0 aromatic heterocycles. The van der Waals surface area contributed by atoms with Crippen molar-refractivity contribution in [3.63, 3.8) is 0 Å². The van der Waals surface area contributed by atoms with Crippen LogP contribution in [0.4, 0.5) is 0 Å². The molecule has 0 bridgehead atoms. The Morgan fingerprint density at radius 3 is 2.33 bits per heavy atom. The van der Waals surface area contributed by atoms with Crippen LogP contribution in [-0.2, 0) is 21.4 Å². The van der Waals surface area contributed by atoms with E-state index in [1.807, 2.05) is 20.8 Å². The molecule has 1 aromatic rings. The van der Waals surface area contributed by atoms with E-state index >= 15 is 0 Å². The van der Waals surface area contributed by atoms with Gasteiger partial charge in [0.15, 0.2) is 0 Å². The Balaban J connectivity index is 3.20. The summed E-state index contributed by atoms with van der Waals surface area (Å²) in [5.41, 5.74) is 1.20. The number of sulfonamides is 1. The Kier molecular flexibility index (Phi) is 5.60. The molecule has 0 saturated carbocycles. The fourth-order valence-electron chi connectivity index (χ4n) is 1.41. The quantitative estimate of drug-likeness (QED) is 0.627. The highest BCUT2D eigenvalue weighted by Gasteiger charge is 2.27. The molecule has 0 fully saturated rings. The molecule has 0 aliphatic heterocycles. The minimum absolute atomic E-state index is 0.195. The third-order valence-electron chi connectivity index (χ3n) is 2.77. The summed E-state index contributed by atoms with van der Waals surface area (Å²) in [4.78, 5) is 0.195. The van der Waals surface area contributed by atoms with E-state index in [1.165, 1.54) is 20.2 Å². The van der Waals surface area contributed by atoms with Gasteiger partial charge in [-0.1, -0.05) is 16.5 Å². The Morgan fingerprint density at radius 2 is 1.86 bits per heavy atom. The Labute approximate surface area is 130 Å². The van der Waals surface area contributed by atoms with Crippen LogP contribution in [0.3, 0.4) is 0 Å². The highest BCUT2D eigenvalue weighted by molar-refractivity contribution is 7.91. The van der Waals surface area contributed by atoms with E-state index in [1.54, 1.807) is 25.1 Å². The number of nitrogens with zero attached hydrogens (tertiary/aromatic N) is 2. The second-order valence-corrected chi connectivity index (χ2v) is 9.91. The molecule has 0 N–H and O–H groups in total. The molecule has 5 nitrogen and oxygen atoms in total. The first-order valence-electron chi connectivity index (χ1n) is 6.46. The van der Waals surface area contributed by atoms with Crippen LogP contribution in [0, 0.1) is 0 Å². The summed E-state index contributed by atoms with van der Waals surface area (Å²) in [6.07, 6.45) is 0. The van der Waals surface area contributed by atoms with E-state index in [4.69, 9.17) is 0 Å². The van der Waals surface area contributed by atoms with Crippen LogP contribution in [0.15, 0.2) is 33.6 Å². The zero-order chi connectivity index (χ0) is 16.4. The first-order valence-corrected chi connectivity index (χ1v) is 9.01. The van der Waals surface area contributed by atoms with Gasteiger partial charge in [0.1, 0.15) is 16.1 Å². The molecule has 1 unspecified atom stereocenters. The molecule has 0 spiro atoms. The molecule has 1 atom stereocenters. The average Bonchev–Trinajstić information content (AvgIpc) is 2.37. The summed E-state index contributed by atoms with van der Waals surface area (Å²) < 4.78 is 41.1. The largest absolute Gasteiger partial charge is 0.591 e. The first-order chi connectivity index (χ1) is 9.46. The van der Waals surface area contributed by atoms with Gasteiger partial charge in [0.25, 0.3) is 0 Å². The van der Waals surface area contributed by atoms with Crippen molar-refractivity contribution in [1.29, 1.82) is 0 Å². The van der Waals surface area contributed by atoms with E-state index in [0.29, 0.717) is 11.3 Å². The highest BCUT2D eigenvalue weighted by Crippen LogP contribution is 2.20. The van der Waals surface area contributed by atoms with Gasteiger partial charge in [0, 0.05) is 19.7 Å². The van der Waals surface area contributed by atoms with Crippen molar-refractivity contribution >= 4 is 27.1 Å². The first kappa shape index (κ1) is 18.2. The monoisotopic (exact) mass is 330 g/mol. The summed E-state index contributed by atoms with van der Waals surface area (Å²) in [6, 6.07) is 6.50. The molecule has 21 heavy (non-hydrogen) atoms. The van der Waals surface area contributed by atoms with Gasteiger partial charge < -0.3 is 4.55 Å². The van der Waals surface area contributed by atoms with Crippen molar-refractivity contribution in [2.75, 3.05) is 14.1 Å². The third-order valence-corrected chi connectivity index (χ3v) is 6.07. The molecule has 7 heteroatoms. The van der Waals surface area contributed by atoms with Crippen LogP contribution in [0.25, 0.3) is 0 Å². The minimum Gasteiger partial charge on any atom is -0.591 e. The van der Waals surface area contributed by atoms with Crippen LogP contribution >= 0.6 is 0 Å². The lowest BCUT2D eigenvalue weighted by Crippen LogP contribution is -2.26. The molecule has 0 aliphatic rings. The zero-order valence-electron chi connectivity index (χ0n) is 13.2. The molecule has 1 aromatic carbocycles. The fraction of sp³-hybridized carbons (Fsp3) is 0.500. The van der Waals surface area contributed by atoms with Crippen LogP contribution in [0.5, 0.6) is 0 Å². The van der Waals surface area contributed by atoms with Crippen molar-refractivity contribution in [3.05, 3.63) is 29.8 Å². The van der Waals surface area contributed by atoms with E-state index < -0.39 is 26.1 Å². The van der Waals surface area contributed by atoms with Gasteiger partial charge in [0.2, 0.25) is 10.0 Å². The molecule has 0 saturated heterocycles. The summed E-state index contributed by atoms with van der Waals surface area (Å²) in [5.74, 6) is 0. The number of rotatable bonds is 4. The molecule has 0 heterocycles. The van der Waals surface area contributed by atoms with Gasteiger partial charge >= 0.3 is 0 Å². The van der Waals surface area contributed by atoms with E-state index in [2.05, 4.69) is 4.40 Å². The average molecular weight is 330 g/mol. The van der Waals surface area contributed by atoms with E-state index in [9.17, 15) is 13.0 Å². The lowest BCUT2D eigenvalue weighted by molar-refractivity contribution is 0.520. The van der Waals surface area contributed by atoms with Crippen LogP contribution in [0.2, 0.25) is 0 Å². The van der Waals surface area contributed by atoms with Crippen molar-refractivity contribution in [2.45, 2.75) is 37.3 Å². The van der Waals surface area contributed by atoms with Gasteiger partial charge in [-0.2, -0.15) is 0 Å². The van der Waals surface area contributed by atoms with Gasteiger partial charge in [0.05, 0.1) is 10.6 Å². The Morgan fingerprint density at radius 1 is 1.29 bits per heavy atom. The number of benzene rings is 1. The third kappa shape index (κ3) is 4.54. The minimum atomic E-state index is -3.49. The number of hydrogen-bond acceptors (Lipinski definition) is 4. The van der Waals surface area contributed by atoms with Gasteiger partial charge in [-0.25, -0.2) is 12.7 Å². The molecular weight excluding hydrogens is 308 g/mol. The predicted molar refractivity (Wildman–Crippen MR) is 87.4 cm³/mol. The lowest BCUT2D eigenvalue weighted by atomic mass is 10.1. The topological polar surface area (TPSA) is 72.8 Å². The molecule has 0 radical (unpaired) electrons. The van der Waals surface area contributed by atoms with E-state index in [-0.39, 0.29) is 4.90 Å². The van der Waals surface area contributed by atoms with Crippen molar-refractivity contribution in [2.24, 2.45) is 4.40 Å².